The molecule has 1 aliphatic heterocycles. The van der Waals surface area contributed by atoms with Gasteiger partial charge in [-0.2, -0.15) is 13.2 Å². The summed E-state index contributed by atoms with van der Waals surface area (Å²) in [6.07, 6.45) is -4.46. The second-order valence-electron chi connectivity index (χ2n) is 6.04. The summed E-state index contributed by atoms with van der Waals surface area (Å²) >= 11 is 6.08. The van der Waals surface area contributed by atoms with Gasteiger partial charge in [0.1, 0.15) is 12.4 Å². The summed E-state index contributed by atoms with van der Waals surface area (Å²) < 4.78 is 53.1. The second-order valence-corrected chi connectivity index (χ2v) is 6.48. The highest BCUT2D eigenvalue weighted by molar-refractivity contribution is 6.30. The Hall–Kier alpha value is -2.28. The van der Waals surface area contributed by atoms with Gasteiger partial charge < -0.3 is 10.2 Å². The number of alkyl halides is 3. The number of fused-ring (bicyclic) bond motifs is 1. The first kappa shape index (κ1) is 18.5. The van der Waals surface area contributed by atoms with Gasteiger partial charge in [0.25, 0.3) is 0 Å². The predicted octanol–water partition coefficient (Wildman–Crippen LogP) is 5.54. The Kier molecular flexibility index (Phi) is 4.60. The van der Waals surface area contributed by atoms with Crippen molar-refractivity contribution in [1.29, 1.82) is 0 Å². The van der Waals surface area contributed by atoms with E-state index in [-0.39, 0.29) is 6.42 Å². The molecule has 2 aromatic carbocycles. The minimum absolute atomic E-state index is 0.148. The summed E-state index contributed by atoms with van der Waals surface area (Å²) in [5.41, 5.74) is -0.234. The Labute approximate surface area is 152 Å². The van der Waals surface area contributed by atoms with Crippen LogP contribution in [0.25, 0.3) is 0 Å². The van der Waals surface area contributed by atoms with E-state index in [0.29, 0.717) is 21.8 Å². The number of hydrogen-bond acceptors (Lipinski definition) is 1. The van der Waals surface area contributed by atoms with Crippen LogP contribution < -0.4 is 5.32 Å². The van der Waals surface area contributed by atoms with Crippen molar-refractivity contribution in [3.8, 4) is 0 Å². The normalized spacial score (nSPS) is 19.9. The Bertz CT molecular complexity index is 838. The minimum atomic E-state index is -4.60. The third-order valence-corrected chi connectivity index (χ3v) is 4.78. The molecule has 8 heteroatoms. The molecule has 0 bridgehead atoms. The van der Waals surface area contributed by atoms with Crippen molar-refractivity contribution in [3.63, 3.8) is 0 Å². The van der Waals surface area contributed by atoms with Gasteiger partial charge in [-0.05, 0) is 42.3 Å². The molecule has 1 heterocycles. The van der Waals surface area contributed by atoms with Crippen molar-refractivity contribution in [2.75, 3.05) is 11.9 Å². The molecule has 0 spiro atoms. The first-order valence-corrected chi connectivity index (χ1v) is 8.26. The fourth-order valence-electron chi connectivity index (χ4n) is 3.48. The van der Waals surface area contributed by atoms with Crippen molar-refractivity contribution in [2.24, 2.45) is 0 Å². The number of nitrogens with zero attached hydrogens (tertiary/aromatic N) is 1. The summed E-state index contributed by atoms with van der Waals surface area (Å²) in [6.45, 7) is 0.228. The average molecular weight is 387 g/mol. The van der Waals surface area contributed by atoms with Gasteiger partial charge >= 0.3 is 12.2 Å². The molecule has 3 rings (SSSR count). The van der Waals surface area contributed by atoms with Gasteiger partial charge in [-0.15, -0.1) is 0 Å². The molecule has 0 unspecified atom stereocenters. The van der Waals surface area contributed by atoms with Gasteiger partial charge in [0.05, 0.1) is 5.54 Å². The molecule has 138 valence electrons. The van der Waals surface area contributed by atoms with E-state index in [4.69, 9.17) is 11.6 Å². The average Bonchev–Trinajstić information content (AvgIpc) is 2.56. The zero-order chi connectivity index (χ0) is 19.1. The highest BCUT2D eigenvalue weighted by atomic mass is 35.5. The molecule has 2 amide bonds. The maximum absolute atomic E-state index is 13.4. The van der Waals surface area contributed by atoms with Gasteiger partial charge in [0, 0.05) is 16.3 Å². The van der Waals surface area contributed by atoms with Crippen LogP contribution in [0.1, 0.15) is 24.5 Å². The number of rotatable bonds is 3. The van der Waals surface area contributed by atoms with Gasteiger partial charge in [-0.1, -0.05) is 30.7 Å². The van der Waals surface area contributed by atoms with Gasteiger partial charge in [0.2, 0.25) is 0 Å². The van der Waals surface area contributed by atoms with E-state index >= 15 is 0 Å². The zero-order valence-corrected chi connectivity index (χ0v) is 14.5. The number of carbonyl (C=O) groups is 1. The van der Waals surface area contributed by atoms with Gasteiger partial charge in [-0.25, -0.2) is 9.18 Å². The molecule has 3 nitrogen and oxygen atoms in total. The van der Waals surface area contributed by atoms with E-state index in [1.54, 1.807) is 19.1 Å². The molecule has 1 N–H and O–H groups in total. The molecule has 0 fully saturated rings. The van der Waals surface area contributed by atoms with Crippen molar-refractivity contribution in [1.82, 2.24) is 4.90 Å². The van der Waals surface area contributed by atoms with E-state index in [9.17, 15) is 22.4 Å². The van der Waals surface area contributed by atoms with Crippen LogP contribution in [0.15, 0.2) is 42.5 Å². The van der Waals surface area contributed by atoms with Crippen LogP contribution in [-0.4, -0.2) is 23.7 Å². The summed E-state index contributed by atoms with van der Waals surface area (Å²) in [5.74, 6) is -0.519. The zero-order valence-electron chi connectivity index (χ0n) is 13.7. The number of anilines is 1. The topological polar surface area (TPSA) is 32.3 Å². The number of amides is 2. The van der Waals surface area contributed by atoms with Crippen molar-refractivity contribution in [3.05, 3.63) is 64.4 Å². The molecular formula is C18H15ClF4N2O. The third kappa shape index (κ3) is 3.11. The lowest BCUT2D eigenvalue weighted by Crippen LogP contribution is -2.57. The molecule has 0 aromatic heterocycles. The van der Waals surface area contributed by atoms with Crippen LogP contribution in [0.4, 0.5) is 28.0 Å². The maximum atomic E-state index is 13.4. The van der Waals surface area contributed by atoms with Gasteiger partial charge in [0.15, 0.2) is 0 Å². The highest BCUT2D eigenvalue weighted by Gasteiger charge is 2.50. The Balaban J connectivity index is 2.30. The molecule has 0 radical (unpaired) electrons. The van der Waals surface area contributed by atoms with Crippen molar-refractivity contribution < 1.29 is 22.4 Å². The van der Waals surface area contributed by atoms with Crippen LogP contribution >= 0.6 is 11.6 Å². The Morgan fingerprint density at radius 1 is 1.15 bits per heavy atom. The first-order valence-electron chi connectivity index (χ1n) is 7.89. The minimum Gasteiger partial charge on any atom is -0.307 e. The Morgan fingerprint density at radius 2 is 1.81 bits per heavy atom. The van der Waals surface area contributed by atoms with E-state index in [2.05, 4.69) is 5.32 Å². The third-order valence-electron chi connectivity index (χ3n) is 4.55. The lowest BCUT2D eigenvalue weighted by molar-refractivity contribution is -0.148. The Morgan fingerprint density at radius 3 is 2.38 bits per heavy atom. The molecular weight excluding hydrogens is 372 g/mol. The number of halogens is 5. The summed E-state index contributed by atoms with van der Waals surface area (Å²) in [6, 6.07) is 8.87. The van der Waals surface area contributed by atoms with E-state index < -0.39 is 30.1 Å². The number of hydrogen-bond donors (Lipinski definition) is 1. The lowest BCUT2D eigenvalue weighted by Gasteiger charge is -2.48. The van der Waals surface area contributed by atoms with Crippen LogP contribution in [0.2, 0.25) is 5.02 Å². The molecule has 1 aliphatic rings. The van der Waals surface area contributed by atoms with Crippen molar-refractivity contribution in [2.45, 2.75) is 25.1 Å². The van der Waals surface area contributed by atoms with Gasteiger partial charge in [-0.3, -0.25) is 0 Å². The first-order chi connectivity index (χ1) is 12.2. The van der Waals surface area contributed by atoms with Crippen LogP contribution in [0.3, 0.4) is 0 Å². The smallest absolute Gasteiger partial charge is 0.307 e. The van der Waals surface area contributed by atoms with Crippen LogP contribution in [0, 0.1) is 5.82 Å². The largest absolute Gasteiger partial charge is 0.406 e. The number of benzene rings is 2. The summed E-state index contributed by atoms with van der Waals surface area (Å²) in [4.78, 5) is 13.3. The molecule has 0 saturated heterocycles. The monoisotopic (exact) mass is 386 g/mol. The van der Waals surface area contributed by atoms with E-state index in [1.165, 1.54) is 18.2 Å². The fraction of sp³-hybridized carbons (Fsp3) is 0.278. The summed E-state index contributed by atoms with van der Waals surface area (Å²) in [5, 5.41) is 2.81. The number of urea groups is 1. The molecule has 1 atom stereocenters. The number of carbonyl (C=O) groups excluding carboxylic acids is 1. The predicted molar refractivity (Wildman–Crippen MR) is 90.7 cm³/mol. The SMILES string of the molecule is CC[C@@]1(c2ccc(F)cc2)c2cc(Cl)ccc2NC(=O)N1CC(F)(F)F. The second kappa shape index (κ2) is 6.46. The molecule has 26 heavy (non-hydrogen) atoms. The van der Waals surface area contributed by atoms with Crippen LogP contribution in [-0.2, 0) is 5.54 Å². The summed E-state index contributed by atoms with van der Waals surface area (Å²) in [7, 11) is 0. The lowest BCUT2D eigenvalue weighted by atomic mass is 9.77. The molecule has 0 aliphatic carbocycles. The number of nitrogens with one attached hydrogen (secondary N) is 1. The highest BCUT2D eigenvalue weighted by Crippen LogP contribution is 2.47. The molecule has 2 aromatic rings. The van der Waals surface area contributed by atoms with E-state index in [1.807, 2.05) is 0 Å². The quantitative estimate of drug-likeness (QED) is 0.690. The molecule has 0 saturated carbocycles. The van der Waals surface area contributed by atoms with E-state index in [0.717, 1.165) is 17.0 Å². The maximum Gasteiger partial charge on any atom is 0.406 e. The fourth-order valence-corrected chi connectivity index (χ4v) is 3.65. The van der Waals surface area contributed by atoms with Crippen LogP contribution in [0.5, 0.6) is 0 Å². The standard InChI is InChI=1S/C18H15ClF4N2O/c1-2-17(11-3-6-13(20)7-4-11)14-9-12(19)5-8-15(14)24-16(26)25(17)10-18(21,22)23/h3-9H,2,10H2,1H3,(H,24,26)/t17-/m1/s1. The van der Waals surface area contributed by atoms with Crippen molar-refractivity contribution >= 4 is 23.3 Å².